The van der Waals surface area contributed by atoms with E-state index in [1.807, 2.05) is 18.2 Å². The van der Waals surface area contributed by atoms with Crippen molar-refractivity contribution in [2.45, 2.75) is 19.3 Å². The lowest BCUT2D eigenvalue weighted by Crippen LogP contribution is -2.28. The molecule has 2 aromatic rings. The number of allylic oxidation sites excluding steroid dienone is 1. The highest BCUT2D eigenvalue weighted by molar-refractivity contribution is 5.84. The third-order valence-corrected chi connectivity index (χ3v) is 4.14. The molecule has 3 rings (SSSR count). The number of esters is 1. The maximum atomic E-state index is 12.1. The van der Waals surface area contributed by atoms with Gasteiger partial charge in [-0.25, -0.2) is 0 Å². The molecular formula is C18H18O2. The van der Waals surface area contributed by atoms with E-state index in [0.29, 0.717) is 13.0 Å². The Morgan fingerprint density at radius 2 is 2.00 bits per heavy atom. The van der Waals surface area contributed by atoms with E-state index in [2.05, 4.69) is 36.9 Å². The summed E-state index contributed by atoms with van der Waals surface area (Å²) in [7, 11) is 0. The van der Waals surface area contributed by atoms with Crippen LogP contribution in [0.5, 0.6) is 0 Å². The molecule has 0 radical (unpaired) electrons. The minimum atomic E-state index is -0.412. The van der Waals surface area contributed by atoms with Crippen molar-refractivity contribution < 1.29 is 9.53 Å². The molecule has 0 aromatic heterocycles. The number of carbonyl (C=O) groups excluding carboxylic acids is 1. The van der Waals surface area contributed by atoms with Crippen molar-refractivity contribution in [2.24, 2.45) is 5.41 Å². The van der Waals surface area contributed by atoms with E-state index in [1.54, 1.807) is 0 Å². The molecule has 1 aliphatic heterocycles. The third kappa shape index (κ3) is 2.22. The van der Waals surface area contributed by atoms with E-state index >= 15 is 0 Å². The van der Waals surface area contributed by atoms with Crippen LogP contribution in [0.4, 0.5) is 0 Å². The minimum Gasteiger partial charge on any atom is -0.465 e. The highest BCUT2D eigenvalue weighted by atomic mass is 16.5. The lowest BCUT2D eigenvalue weighted by molar-refractivity contribution is -0.146. The van der Waals surface area contributed by atoms with Crippen LogP contribution in [0.1, 0.15) is 18.4 Å². The fourth-order valence-electron chi connectivity index (χ4n) is 3.03. The lowest BCUT2D eigenvalue weighted by atomic mass is 9.77. The van der Waals surface area contributed by atoms with Gasteiger partial charge in [0.05, 0.1) is 12.0 Å². The van der Waals surface area contributed by atoms with E-state index in [9.17, 15) is 4.79 Å². The number of hydrogen-bond donors (Lipinski definition) is 0. The Balaban J connectivity index is 1.94. The molecule has 0 spiro atoms. The molecule has 1 unspecified atom stereocenters. The van der Waals surface area contributed by atoms with Gasteiger partial charge < -0.3 is 4.74 Å². The van der Waals surface area contributed by atoms with Crippen molar-refractivity contribution in [3.05, 3.63) is 60.7 Å². The number of hydrogen-bond acceptors (Lipinski definition) is 2. The molecule has 102 valence electrons. The average molecular weight is 266 g/mol. The van der Waals surface area contributed by atoms with E-state index in [4.69, 9.17) is 4.74 Å². The molecule has 0 aliphatic carbocycles. The number of carbonyl (C=O) groups is 1. The van der Waals surface area contributed by atoms with Crippen molar-refractivity contribution in [3.63, 3.8) is 0 Å². The lowest BCUT2D eigenvalue weighted by Gasteiger charge is -2.23. The molecule has 0 N–H and O–H groups in total. The molecule has 1 saturated heterocycles. The summed E-state index contributed by atoms with van der Waals surface area (Å²) in [6, 6.07) is 14.7. The summed E-state index contributed by atoms with van der Waals surface area (Å²) in [4.78, 5) is 12.1. The van der Waals surface area contributed by atoms with Crippen LogP contribution in [0.3, 0.4) is 0 Å². The first-order valence-corrected chi connectivity index (χ1v) is 6.99. The molecule has 0 amide bonds. The zero-order chi connectivity index (χ0) is 14.0. The number of fused-ring (bicyclic) bond motifs is 1. The molecule has 20 heavy (non-hydrogen) atoms. The minimum absolute atomic E-state index is 0.0782. The van der Waals surface area contributed by atoms with Gasteiger partial charge in [0.2, 0.25) is 0 Å². The molecule has 1 fully saturated rings. The van der Waals surface area contributed by atoms with Crippen LogP contribution in [-0.4, -0.2) is 12.6 Å². The number of rotatable bonds is 4. The molecular weight excluding hydrogens is 248 g/mol. The normalized spacial score (nSPS) is 21.9. The highest BCUT2D eigenvalue weighted by Gasteiger charge is 2.43. The zero-order valence-corrected chi connectivity index (χ0v) is 11.5. The highest BCUT2D eigenvalue weighted by Crippen LogP contribution is 2.38. The fraction of sp³-hybridized carbons (Fsp3) is 0.278. The zero-order valence-electron chi connectivity index (χ0n) is 11.5. The second-order valence-corrected chi connectivity index (χ2v) is 5.52. The van der Waals surface area contributed by atoms with Gasteiger partial charge in [0.25, 0.3) is 0 Å². The summed E-state index contributed by atoms with van der Waals surface area (Å²) in [5.74, 6) is -0.0782. The molecule has 2 heteroatoms. The van der Waals surface area contributed by atoms with Crippen molar-refractivity contribution in [2.75, 3.05) is 6.61 Å². The van der Waals surface area contributed by atoms with Crippen molar-refractivity contribution in [1.82, 2.24) is 0 Å². The molecule has 1 atom stereocenters. The van der Waals surface area contributed by atoms with Gasteiger partial charge in [0, 0.05) is 0 Å². The maximum Gasteiger partial charge on any atom is 0.312 e. The van der Waals surface area contributed by atoms with E-state index in [-0.39, 0.29) is 5.97 Å². The van der Waals surface area contributed by atoms with Crippen LogP contribution >= 0.6 is 0 Å². The van der Waals surface area contributed by atoms with Gasteiger partial charge in [0.15, 0.2) is 0 Å². The van der Waals surface area contributed by atoms with Crippen LogP contribution in [0, 0.1) is 5.41 Å². The van der Waals surface area contributed by atoms with Gasteiger partial charge in [-0.05, 0) is 35.6 Å². The van der Waals surface area contributed by atoms with E-state index in [1.165, 1.54) is 16.3 Å². The first-order chi connectivity index (χ1) is 9.73. The Bertz CT molecular complexity index is 659. The van der Waals surface area contributed by atoms with Crippen LogP contribution in [0.25, 0.3) is 10.8 Å². The Morgan fingerprint density at radius 3 is 2.70 bits per heavy atom. The number of cyclic esters (lactones) is 1. The van der Waals surface area contributed by atoms with Crippen molar-refractivity contribution >= 4 is 16.7 Å². The smallest absolute Gasteiger partial charge is 0.312 e. The third-order valence-electron chi connectivity index (χ3n) is 4.14. The first-order valence-electron chi connectivity index (χ1n) is 6.99. The Morgan fingerprint density at radius 1 is 1.20 bits per heavy atom. The molecule has 1 heterocycles. The van der Waals surface area contributed by atoms with Crippen LogP contribution < -0.4 is 0 Å². The summed E-state index contributed by atoms with van der Waals surface area (Å²) >= 11 is 0. The van der Waals surface area contributed by atoms with E-state index < -0.39 is 5.41 Å². The van der Waals surface area contributed by atoms with Gasteiger partial charge in [-0.1, -0.05) is 48.5 Å². The largest absolute Gasteiger partial charge is 0.465 e. The molecule has 1 aliphatic rings. The molecule has 0 bridgehead atoms. The van der Waals surface area contributed by atoms with Gasteiger partial charge in [-0.15, -0.1) is 6.58 Å². The monoisotopic (exact) mass is 266 g/mol. The Hall–Kier alpha value is -2.09. The second-order valence-electron chi connectivity index (χ2n) is 5.52. The van der Waals surface area contributed by atoms with E-state index in [0.717, 1.165) is 12.8 Å². The first kappa shape index (κ1) is 12.9. The van der Waals surface area contributed by atoms with Gasteiger partial charge in [-0.2, -0.15) is 0 Å². The topological polar surface area (TPSA) is 26.3 Å². The molecule has 2 aromatic carbocycles. The van der Waals surface area contributed by atoms with Gasteiger partial charge in [-0.3, -0.25) is 4.79 Å². The van der Waals surface area contributed by atoms with Gasteiger partial charge in [0.1, 0.15) is 0 Å². The van der Waals surface area contributed by atoms with Crippen molar-refractivity contribution in [1.29, 1.82) is 0 Å². The summed E-state index contributed by atoms with van der Waals surface area (Å²) < 4.78 is 5.19. The predicted octanol–water partition coefficient (Wildman–Crippen LogP) is 3.89. The fourth-order valence-corrected chi connectivity index (χ4v) is 3.03. The van der Waals surface area contributed by atoms with Gasteiger partial charge >= 0.3 is 5.97 Å². The summed E-state index contributed by atoms with van der Waals surface area (Å²) in [5.41, 5.74) is 0.772. The van der Waals surface area contributed by atoms with Crippen LogP contribution in [0.15, 0.2) is 55.1 Å². The maximum absolute atomic E-state index is 12.1. The quantitative estimate of drug-likeness (QED) is 0.620. The average Bonchev–Trinajstić information content (AvgIpc) is 2.80. The molecule has 0 saturated carbocycles. The summed E-state index contributed by atoms with van der Waals surface area (Å²) in [6.45, 7) is 4.32. The predicted molar refractivity (Wildman–Crippen MR) is 80.5 cm³/mol. The summed E-state index contributed by atoms with van der Waals surface area (Å²) in [5, 5.41) is 2.44. The summed E-state index contributed by atoms with van der Waals surface area (Å²) in [6.07, 6.45) is 4.01. The Labute approximate surface area is 119 Å². The standard InChI is InChI=1S/C18H18O2/c1-2-9-18(10-11-20-17(18)19)13-14-7-8-15-5-3-4-6-16(15)12-14/h2-8,12H,1,9-11,13H2. The SMILES string of the molecule is C=CCC1(Cc2ccc3ccccc3c2)CCOC1=O. The Kier molecular flexibility index (Phi) is 3.31. The number of ether oxygens (including phenoxy) is 1. The van der Waals surface area contributed by atoms with Crippen LogP contribution in [-0.2, 0) is 16.0 Å². The molecule has 2 nitrogen and oxygen atoms in total. The second kappa shape index (κ2) is 5.12. The van der Waals surface area contributed by atoms with Crippen molar-refractivity contribution in [3.8, 4) is 0 Å². The number of benzene rings is 2. The van der Waals surface area contributed by atoms with Crippen LogP contribution in [0.2, 0.25) is 0 Å².